The maximum Gasteiger partial charge on any atom is 0.250 e. The van der Waals surface area contributed by atoms with E-state index in [2.05, 4.69) is 5.32 Å². The predicted octanol–water partition coefficient (Wildman–Crippen LogP) is 2.22. The van der Waals surface area contributed by atoms with E-state index >= 15 is 0 Å². The molecule has 1 aliphatic heterocycles. The van der Waals surface area contributed by atoms with E-state index in [-0.39, 0.29) is 18.6 Å². The van der Waals surface area contributed by atoms with Gasteiger partial charge in [-0.1, -0.05) is 0 Å². The normalized spacial score (nSPS) is 17.9. The molecule has 0 aliphatic carbocycles. The SMILES string of the molecule is CCOCC(=O)Nc1ccc(OCC2CCCO2)cc1. The fourth-order valence-corrected chi connectivity index (χ4v) is 1.99. The molecule has 5 heteroatoms. The van der Waals surface area contributed by atoms with Crippen LogP contribution in [0.25, 0.3) is 0 Å². The lowest BCUT2D eigenvalue weighted by Crippen LogP contribution is -2.18. The van der Waals surface area contributed by atoms with E-state index in [9.17, 15) is 4.79 Å². The van der Waals surface area contributed by atoms with Crippen LogP contribution in [0, 0.1) is 0 Å². The molecule has 1 fully saturated rings. The fraction of sp³-hybridized carbons (Fsp3) is 0.533. The zero-order chi connectivity index (χ0) is 14.2. The number of benzene rings is 1. The van der Waals surface area contributed by atoms with Gasteiger partial charge in [-0.05, 0) is 44.0 Å². The quantitative estimate of drug-likeness (QED) is 0.831. The molecule has 1 unspecified atom stereocenters. The first-order chi connectivity index (χ1) is 9.78. The number of ether oxygens (including phenoxy) is 3. The Labute approximate surface area is 119 Å². The molecule has 1 aromatic carbocycles. The van der Waals surface area contributed by atoms with Gasteiger partial charge in [-0.3, -0.25) is 4.79 Å². The lowest BCUT2D eigenvalue weighted by molar-refractivity contribution is -0.120. The van der Waals surface area contributed by atoms with E-state index in [0.717, 1.165) is 30.9 Å². The molecule has 1 N–H and O–H groups in total. The van der Waals surface area contributed by atoms with Crippen LogP contribution in [0.3, 0.4) is 0 Å². The summed E-state index contributed by atoms with van der Waals surface area (Å²) in [5.74, 6) is 0.628. The second-order valence-corrected chi connectivity index (χ2v) is 4.66. The van der Waals surface area contributed by atoms with Crippen LogP contribution < -0.4 is 10.1 Å². The smallest absolute Gasteiger partial charge is 0.250 e. The fourth-order valence-electron chi connectivity index (χ4n) is 1.99. The van der Waals surface area contributed by atoms with Crippen molar-refractivity contribution in [3.63, 3.8) is 0 Å². The molecule has 2 rings (SSSR count). The number of carbonyl (C=O) groups is 1. The van der Waals surface area contributed by atoms with E-state index < -0.39 is 0 Å². The van der Waals surface area contributed by atoms with Crippen molar-refractivity contribution in [2.75, 3.05) is 31.7 Å². The van der Waals surface area contributed by atoms with E-state index in [0.29, 0.717) is 13.2 Å². The van der Waals surface area contributed by atoms with Gasteiger partial charge in [0.1, 0.15) is 19.0 Å². The Bertz CT molecular complexity index is 412. The maximum absolute atomic E-state index is 11.5. The Morgan fingerprint density at radius 3 is 2.85 bits per heavy atom. The highest BCUT2D eigenvalue weighted by Gasteiger charge is 2.15. The third-order valence-electron chi connectivity index (χ3n) is 3.04. The summed E-state index contributed by atoms with van der Waals surface area (Å²) in [6, 6.07) is 7.31. The Morgan fingerprint density at radius 2 is 2.20 bits per heavy atom. The van der Waals surface area contributed by atoms with Crippen molar-refractivity contribution in [2.24, 2.45) is 0 Å². The van der Waals surface area contributed by atoms with Crippen molar-refractivity contribution in [3.8, 4) is 5.75 Å². The molecule has 5 nitrogen and oxygen atoms in total. The molecular weight excluding hydrogens is 258 g/mol. The van der Waals surface area contributed by atoms with E-state index in [1.54, 1.807) is 0 Å². The molecule has 0 radical (unpaired) electrons. The number of anilines is 1. The first-order valence-corrected chi connectivity index (χ1v) is 7.00. The van der Waals surface area contributed by atoms with Crippen LogP contribution in [0.2, 0.25) is 0 Å². The number of nitrogens with one attached hydrogen (secondary N) is 1. The molecule has 110 valence electrons. The highest BCUT2D eigenvalue weighted by molar-refractivity contribution is 5.91. The van der Waals surface area contributed by atoms with Crippen molar-refractivity contribution in [3.05, 3.63) is 24.3 Å². The molecule has 1 amide bonds. The van der Waals surface area contributed by atoms with Gasteiger partial charge < -0.3 is 19.5 Å². The van der Waals surface area contributed by atoms with Crippen LogP contribution in [-0.4, -0.2) is 38.4 Å². The van der Waals surface area contributed by atoms with Gasteiger partial charge in [0.05, 0.1) is 6.10 Å². The zero-order valence-corrected chi connectivity index (χ0v) is 11.8. The van der Waals surface area contributed by atoms with E-state index in [1.807, 2.05) is 31.2 Å². The van der Waals surface area contributed by atoms with Crippen molar-refractivity contribution < 1.29 is 19.0 Å². The first kappa shape index (κ1) is 14.8. The molecule has 1 aromatic rings. The maximum atomic E-state index is 11.5. The summed E-state index contributed by atoms with van der Waals surface area (Å²) in [5.41, 5.74) is 0.735. The van der Waals surface area contributed by atoms with Crippen molar-refractivity contribution >= 4 is 11.6 Å². The van der Waals surface area contributed by atoms with Gasteiger partial charge in [0.2, 0.25) is 5.91 Å². The average molecular weight is 279 g/mol. The Morgan fingerprint density at radius 1 is 1.40 bits per heavy atom. The number of amides is 1. The minimum atomic E-state index is -0.153. The molecule has 1 aliphatic rings. The third-order valence-corrected chi connectivity index (χ3v) is 3.04. The molecule has 0 bridgehead atoms. The average Bonchev–Trinajstić information content (AvgIpc) is 2.98. The zero-order valence-electron chi connectivity index (χ0n) is 11.8. The van der Waals surface area contributed by atoms with Crippen molar-refractivity contribution in [1.82, 2.24) is 0 Å². The van der Waals surface area contributed by atoms with Gasteiger partial charge in [-0.2, -0.15) is 0 Å². The van der Waals surface area contributed by atoms with Crippen LogP contribution in [0.15, 0.2) is 24.3 Å². The minimum Gasteiger partial charge on any atom is -0.491 e. The Balaban J connectivity index is 1.75. The second kappa shape index (κ2) is 7.87. The van der Waals surface area contributed by atoms with Crippen LogP contribution in [0.4, 0.5) is 5.69 Å². The van der Waals surface area contributed by atoms with Gasteiger partial charge >= 0.3 is 0 Å². The second-order valence-electron chi connectivity index (χ2n) is 4.66. The van der Waals surface area contributed by atoms with Crippen LogP contribution >= 0.6 is 0 Å². The van der Waals surface area contributed by atoms with Gasteiger partial charge in [-0.15, -0.1) is 0 Å². The Hall–Kier alpha value is -1.59. The lowest BCUT2D eigenvalue weighted by atomic mass is 10.2. The summed E-state index contributed by atoms with van der Waals surface area (Å²) in [5, 5.41) is 2.76. The summed E-state index contributed by atoms with van der Waals surface area (Å²) in [7, 11) is 0. The Kier molecular flexibility index (Phi) is 5.83. The van der Waals surface area contributed by atoms with Gasteiger partial charge in [-0.25, -0.2) is 0 Å². The van der Waals surface area contributed by atoms with Crippen molar-refractivity contribution in [2.45, 2.75) is 25.9 Å². The molecular formula is C15H21NO4. The molecule has 1 atom stereocenters. The third kappa shape index (κ3) is 4.83. The number of rotatable bonds is 7. The first-order valence-electron chi connectivity index (χ1n) is 7.00. The summed E-state index contributed by atoms with van der Waals surface area (Å²) in [6.45, 7) is 3.87. The molecule has 0 spiro atoms. The summed E-state index contributed by atoms with van der Waals surface area (Å²) in [4.78, 5) is 11.5. The van der Waals surface area contributed by atoms with Crippen LogP contribution in [0.5, 0.6) is 5.75 Å². The highest BCUT2D eigenvalue weighted by atomic mass is 16.5. The van der Waals surface area contributed by atoms with E-state index in [1.165, 1.54) is 0 Å². The molecule has 1 saturated heterocycles. The topological polar surface area (TPSA) is 56.8 Å². The number of hydrogen-bond donors (Lipinski definition) is 1. The molecule has 0 aromatic heterocycles. The van der Waals surface area contributed by atoms with E-state index in [4.69, 9.17) is 14.2 Å². The van der Waals surface area contributed by atoms with Crippen LogP contribution in [0.1, 0.15) is 19.8 Å². The predicted molar refractivity (Wildman–Crippen MR) is 76.0 cm³/mol. The largest absolute Gasteiger partial charge is 0.491 e. The van der Waals surface area contributed by atoms with Crippen LogP contribution in [-0.2, 0) is 14.3 Å². The highest BCUT2D eigenvalue weighted by Crippen LogP contribution is 2.18. The monoisotopic (exact) mass is 279 g/mol. The minimum absolute atomic E-state index is 0.0772. The van der Waals surface area contributed by atoms with Gasteiger partial charge in [0, 0.05) is 18.9 Å². The standard InChI is InChI=1S/C15H21NO4/c1-2-18-11-15(17)16-12-5-7-13(8-6-12)20-10-14-4-3-9-19-14/h5-8,14H,2-4,9-11H2,1H3,(H,16,17). The van der Waals surface area contributed by atoms with Gasteiger partial charge in [0.25, 0.3) is 0 Å². The van der Waals surface area contributed by atoms with Gasteiger partial charge in [0.15, 0.2) is 0 Å². The van der Waals surface area contributed by atoms with Crippen molar-refractivity contribution in [1.29, 1.82) is 0 Å². The lowest BCUT2D eigenvalue weighted by Gasteiger charge is -2.12. The molecule has 20 heavy (non-hydrogen) atoms. The summed E-state index contributed by atoms with van der Waals surface area (Å²) < 4.78 is 16.2. The number of carbonyl (C=O) groups excluding carboxylic acids is 1. The number of hydrogen-bond acceptors (Lipinski definition) is 4. The molecule has 0 saturated carbocycles. The molecule has 1 heterocycles. The summed E-state index contributed by atoms with van der Waals surface area (Å²) >= 11 is 0. The summed E-state index contributed by atoms with van der Waals surface area (Å²) in [6.07, 6.45) is 2.38.